The minimum atomic E-state index is 0.140. The van der Waals surface area contributed by atoms with Crippen LogP contribution < -0.4 is 5.32 Å². The van der Waals surface area contributed by atoms with Gasteiger partial charge in [0, 0.05) is 13.2 Å². The van der Waals surface area contributed by atoms with Crippen molar-refractivity contribution >= 4 is 0 Å². The highest BCUT2D eigenvalue weighted by Crippen LogP contribution is 2.40. The van der Waals surface area contributed by atoms with Crippen LogP contribution in [0, 0.1) is 5.41 Å². The first-order valence-corrected chi connectivity index (χ1v) is 6.72. The van der Waals surface area contributed by atoms with E-state index in [1.807, 2.05) is 7.11 Å². The van der Waals surface area contributed by atoms with Gasteiger partial charge in [0.25, 0.3) is 0 Å². The summed E-state index contributed by atoms with van der Waals surface area (Å²) in [4.78, 5) is 0. The molecule has 1 fully saturated rings. The second kappa shape index (κ2) is 5.50. The van der Waals surface area contributed by atoms with E-state index < -0.39 is 0 Å². The highest BCUT2D eigenvalue weighted by atomic mass is 16.5. The largest absolute Gasteiger partial charge is 0.377 e. The first-order valence-electron chi connectivity index (χ1n) is 6.72. The van der Waals surface area contributed by atoms with Gasteiger partial charge in [-0.15, -0.1) is 0 Å². The lowest BCUT2D eigenvalue weighted by atomic mass is 9.71. The van der Waals surface area contributed by atoms with Gasteiger partial charge in [0.05, 0.1) is 5.60 Å². The third-order valence-corrected chi connectivity index (χ3v) is 3.88. The summed E-state index contributed by atoms with van der Waals surface area (Å²) >= 11 is 0. The SMILES string of the molecule is CCNC(CCC(C)(C)C)C1(OC)CCC1. The zero-order valence-electron chi connectivity index (χ0n) is 11.7. The molecule has 0 radical (unpaired) electrons. The van der Waals surface area contributed by atoms with Crippen LogP contribution in [0.1, 0.15) is 59.8 Å². The maximum absolute atomic E-state index is 5.79. The molecule has 1 rings (SSSR count). The topological polar surface area (TPSA) is 21.3 Å². The quantitative estimate of drug-likeness (QED) is 0.751. The summed E-state index contributed by atoms with van der Waals surface area (Å²) in [5, 5.41) is 3.62. The first kappa shape index (κ1) is 14.0. The number of hydrogen-bond donors (Lipinski definition) is 1. The Morgan fingerprint density at radius 2 is 1.94 bits per heavy atom. The molecule has 0 aromatic heterocycles. The van der Waals surface area contributed by atoms with Crippen LogP contribution in [-0.2, 0) is 4.74 Å². The van der Waals surface area contributed by atoms with Gasteiger partial charge in [-0.05, 0) is 44.1 Å². The van der Waals surface area contributed by atoms with Crippen LogP contribution >= 0.6 is 0 Å². The summed E-state index contributed by atoms with van der Waals surface area (Å²) in [5.41, 5.74) is 0.563. The number of methoxy groups -OCH3 is 1. The number of nitrogens with one attached hydrogen (secondary N) is 1. The molecule has 0 amide bonds. The van der Waals surface area contributed by atoms with E-state index in [-0.39, 0.29) is 5.60 Å². The predicted octanol–water partition coefficient (Wildman–Crippen LogP) is 3.36. The van der Waals surface area contributed by atoms with E-state index >= 15 is 0 Å². The Labute approximate surface area is 101 Å². The van der Waals surface area contributed by atoms with Gasteiger partial charge in [0.1, 0.15) is 0 Å². The fraction of sp³-hybridized carbons (Fsp3) is 1.00. The Morgan fingerprint density at radius 3 is 2.25 bits per heavy atom. The third-order valence-electron chi connectivity index (χ3n) is 3.88. The van der Waals surface area contributed by atoms with Gasteiger partial charge in [-0.3, -0.25) is 0 Å². The average Bonchev–Trinajstić information content (AvgIpc) is 2.12. The standard InChI is InChI=1S/C14H29NO/c1-6-15-12(8-11-13(2,3)4)14(16-5)9-7-10-14/h12,15H,6-11H2,1-5H3. The van der Waals surface area contributed by atoms with Gasteiger partial charge in [-0.1, -0.05) is 27.7 Å². The normalized spacial score (nSPS) is 21.6. The highest BCUT2D eigenvalue weighted by Gasteiger charge is 2.43. The molecular formula is C14H29NO. The summed E-state index contributed by atoms with van der Waals surface area (Å²) in [6, 6.07) is 0.537. The molecule has 1 aliphatic rings. The minimum Gasteiger partial charge on any atom is -0.377 e. The molecule has 2 heteroatoms. The van der Waals surface area contributed by atoms with Crippen LogP contribution in [0.2, 0.25) is 0 Å². The van der Waals surface area contributed by atoms with Gasteiger partial charge in [-0.25, -0.2) is 0 Å². The smallest absolute Gasteiger partial charge is 0.0831 e. The highest BCUT2D eigenvalue weighted by molar-refractivity contribution is 4.99. The van der Waals surface area contributed by atoms with Crippen molar-refractivity contribution in [3.63, 3.8) is 0 Å². The number of likely N-dealkylation sites (N-methyl/N-ethyl adjacent to an activating group) is 1. The van der Waals surface area contributed by atoms with E-state index in [2.05, 4.69) is 33.0 Å². The monoisotopic (exact) mass is 227 g/mol. The lowest BCUT2D eigenvalue weighted by Crippen LogP contribution is -2.56. The Kier molecular flexibility index (Phi) is 4.81. The molecule has 1 unspecified atom stereocenters. The van der Waals surface area contributed by atoms with Crippen molar-refractivity contribution in [2.75, 3.05) is 13.7 Å². The van der Waals surface area contributed by atoms with Crippen LogP contribution in [0.5, 0.6) is 0 Å². The van der Waals surface area contributed by atoms with Crippen LogP contribution in [0.4, 0.5) is 0 Å². The van der Waals surface area contributed by atoms with Crippen LogP contribution in [-0.4, -0.2) is 25.3 Å². The maximum Gasteiger partial charge on any atom is 0.0831 e. The number of rotatable bonds is 6. The fourth-order valence-electron chi connectivity index (χ4n) is 2.59. The van der Waals surface area contributed by atoms with Crippen molar-refractivity contribution in [1.29, 1.82) is 0 Å². The van der Waals surface area contributed by atoms with Crippen LogP contribution in [0.3, 0.4) is 0 Å². The van der Waals surface area contributed by atoms with Gasteiger partial charge in [0.15, 0.2) is 0 Å². The Hall–Kier alpha value is -0.0800. The molecule has 96 valence electrons. The molecular weight excluding hydrogens is 198 g/mol. The Balaban J connectivity index is 2.53. The van der Waals surface area contributed by atoms with E-state index in [0.29, 0.717) is 11.5 Å². The molecule has 0 aromatic carbocycles. The minimum absolute atomic E-state index is 0.140. The Bertz CT molecular complexity index is 198. The second-order valence-corrected chi connectivity index (χ2v) is 6.33. The van der Waals surface area contributed by atoms with Gasteiger partial charge < -0.3 is 10.1 Å². The van der Waals surface area contributed by atoms with Crippen molar-refractivity contribution in [3.8, 4) is 0 Å². The van der Waals surface area contributed by atoms with Crippen molar-refractivity contribution in [2.24, 2.45) is 5.41 Å². The van der Waals surface area contributed by atoms with Crippen LogP contribution in [0.25, 0.3) is 0 Å². The summed E-state index contributed by atoms with van der Waals surface area (Å²) in [5.74, 6) is 0. The summed E-state index contributed by atoms with van der Waals surface area (Å²) in [7, 11) is 1.88. The molecule has 1 saturated carbocycles. The van der Waals surface area contributed by atoms with E-state index in [1.165, 1.54) is 32.1 Å². The lowest BCUT2D eigenvalue weighted by Gasteiger charge is -2.47. The predicted molar refractivity (Wildman–Crippen MR) is 69.7 cm³/mol. The molecule has 0 saturated heterocycles. The van der Waals surface area contributed by atoms with Crippen molar-refractivity contribution in [2.45, 2.75) is 71.4 Å². The summed E-state index contributed by atoms with van der Waals surface area (Å²) in [6.07, 6.45) is 6.27. The van der Waals surface area contributed by atoms with Gasteiger partial charge >= 0.3 is 0 Å². The van der Waals surface area contributed by atoms with Gasteiger partial charge in [0.2, 0.25) is 0 Å². The molecule has 1 atom stereocenters. The van der Waals surface area contributed by atoms with Gasteiger partial charge in [-0.2, -0.15) is 0 Å². The van der Waals surface area contributed by atoms with Crippen LogP contribution in [0.15, 0.2) is 0 Å². The zero-order chi connectivity index (χ0) is 12.2. The average molecular weight is 227 g/mol. The summed E-state index contributed by atoms with van der Waals surface area (Å²) in [6.45, 7) is 10.2. The van der Waals surface area contributed by atoms with E-state index in [4.69, 9.17) is 4.74 Å². The molecule has 0 spiro atoms. The lowest BCUT2D eigenvalue weighted by molar-refractivity contribution is -0.101. The molecule has 0 aliphatic heterocycles. The molecule has 2 nitrogen and oxygen atoms in total. The van der Waals surface area contributed by atoms with Crippen molar-refractivity contribution in [3.05, 3.63) is 0 Å². The number of hydrogen-bond acceptors (Lipinski definition) is 2. The zero-order valence-corrected chi connectivity index (χ0v) is 11.7. The maximum atomic E-state index is 5.79. The van der Waals surface area contributed by atoms with Crippen molar-refractivity contribution in [1.82, 2.24) is 5.32 Å². The molecule has 0 heterocycles. The number of ether oxygens (including phenoxy) is 1. The second-order valence-electron chi connectivity index (χ2n) is 6.33. The van der Waals surface area contributed by atoms with E-state index in [1.54, 1.807) is 0 Å². The molecule has 16 heavy (non-hydrogen) atoms. The molecule has 0 bridgehead atoms. The summed E-state index contributed by atoms with van der Waals surface area (Å²) < 4.78 is 5.79. The Morgan fingerprint density at radius 1 is 1.31 bits per heavy atom. The van der Waals surface area contributed by atoms with Crippen molar-refractivity contribution < 1.29 is 4.74 Å². The molecule has 1 aliphatic carbocycles. The first-order chi connectivity index (χ1) is 7.43. The van der Waals surface area contributed by atoms with E-state index in [0.717, 1.165) is 6.54 Å². The molecule has 1 N–H and O–H groups in total. The molecule has 0 aromatic rings. The fourth-order valence-corrected chi connectivity index (χ4v) is 2.59. The van der Waals surface area contributed by atoms with E-state index in [9.17, 15) is 0 Å². The third kappa shape index (κ3) is 3.46.